The van der Waals surface area contributed by atoms with E-state index in [4.69, 9.17) is 0 Å². The number of hydrogen-bond acceptors (Lipinski definition) is 3. The van der Waals surface area contributed by atoms with Crippen LogP contribution in [0.1, 0.15) is 10.4 Å². The van der Waals surface area contributed by atoms with Gasteiger partial charge in [0.1, 0.15) is 0 Å². The summed E-state index contributed by atoms with van der Waals surface area (Å²) in [6, 6.07) is 5.01. The fourth-order valence-electron chi connectivity index (χ4n) is 1.35. The van der Waals surface area contributed by atoms with Gasteiger partial charge in [-0.2, -0.15) is 18.3 Å². The molecule has 0 unspecified atom stereocenters. The number of alkyl halides is 3. The van der Waals surface area contributed by atoms with E-state index in [2.05, 4.69) is 9.94 Å². The van der Waals surface area contributed by atoms with Crippen LogP contribution >= 0.6 is 0 Å². The first kappa shape index (κ1) is 12.4. The van der Waals surface area contributed by atoms with E-state index in [9.17, 15) is 18.0 Å². The van der Waals surface area contributed by atoms with E-state index in [0.717, 1.165) is 0 Å². The molecule has 2 heterocycles. The average molecular weight is 259 g/mol. The van der Waals surface area contributed by atoms with Crippen LogP contribution in [0.15, 0.2) is 30.6 Å². The Morgan fingerprint density at radius 1 is 1.44 bits per heavy atom. The zero-order valence-electron chi connectivity index (χ0n) is 8.94. The Bertz CT molecular complexity index is 565. The van der Waals surface area contributed by atoms with Crippen LogP contribution in [-0.2, 0) is 4.84 Å². The first-order valence-electron chi connectivity index (χ1n) is 4.88. The van der Waals surface area contributed by atoms with Gasteiger partial charge >= 0.3 is 6.18 Å². The molecule has 0 aliphatic carbocycles. The number of fused-ring (bicyclic) bond motifs is 1. The van der Waals surface area contributed by atoms with E-state index in [0.29, 0.717) is 5.52 Å². The van der Waals surface area contributed by atoms with Crippen LogP contribution in [0.5, 0.6) is 0 Å². The molecule has 2 aromatic heterocycles. The molecule has 0 radical (unpaired) electrons. The molecule has 1 N–H and O–H groups in total. The minimum Gasteiger partial charge on any atom is -0.267 e. The standard InChI is InChI=1S/C10H8F3N3O2/c11-10(12,13)6-18-15-9(17)7-5-14-16-4-2-1-3-8(7)16/h1-5H,6H2,(H,15,17). The van der Waals surface area contributed by atoms with Gasteiger partial charge in [-0.25, -0.2) is 10.00 Å². The van der Waals surface area contributed by atoms with Crippen molar-refractivity contribution in [3.8, 4) is 0 Å². The van der Waals surface area contributed by atoms with Crippen molar-refractivity contribution < 1.29 is 22.8 Å². The Morgan fingerprint density at radius 2 is 2.22 bits per heavy atom. The van der Waals surface area contributed by atoms with Gasteiger partial charge in [0.2, 0.25) is 0 Å². The predicted octanol–water partition coefficient (Wildman–Crippen LogP) is 1.56. The van der Waals surface area contributed by atoms with Gasteiger partial charge in [0.15, 0.2) is 6.61 Å². The van der Waals surface area contributed by atoms with Crippen molar-refractivity contribution in [1.29, 1.82) is 0 Å². The van der Waals surface area contributed by atoms with Crippen LogP contribution in [0, 0.1) is 0 Å². The molecule has 18 heavy (non-hydrogen) atoms. The lowest BCUT2D eigenvalue weighted by Gasteiger charge is -2.07. The van der Waals surface area contributed by atoms with E-state index in [1.165, 1.54) is 10.7 Å². The third-order valence-electron chi connectivity index (χ3n) is 2.07. The summed E-state index contributed by atoms with van der Waals surface area (Å²) in [5.74, 6) is -0.777. The minimum absolute atomic E-state index is 0.137. The molecule has 0 bridgehead atoms. The van der Waals surface area contributed by atoms with E-state index in [-0.39, 0.29) is 5.56 Å². The second-order valence-corrected chi connectivity index (χ2v) is 3.42. The van der Waals surface area contributed by atoms with Crippen LogP contribution in [0.25, 0.3) is 5.52 Å². The van der Waals surface area contributed by atoms with Crippen LogP contribution in [-0.4, -0.2) is 28.3 Å². The van der Waals surface area contributed by atoms with Crippen LogP contribution in [0.3, 0.4) is 0 Å². The highest BCUT2D eigenvalue weighted by Crippen LogP contribution is 2.14. The van der Waals surface area contributed by atoms with Gasteiger partial charge in [-0.1, -0.05) is 6.07 Å². The van der Waals surface area contributed by atoms with Gasteiger partial charge in [0, 0.05) is 6.20 Å². The summed E-state index contributed by atoms with van der Waals surface area (Å²) in [5, 5.41) is 3.87. The van der Waals surface area contributed by atoms with Gasteiger partial charge < -0.3 is 0 Å². The molecule has 0 atom stereocenters. The normalized spacial score (nSPS) is 11.7. The molecule has 8 heteroatoms. The van der Waals surface area contributed by atoms with Gasteiger partial charge in [-0.15, -0.1) is 0 Å². The molecule has 0 fully saturated rings. The summed E-state index contributed by atoms with van der Waals surface area (Å²) in [4.78, 5) is 15.6. The highest BCUT2D eigenvalue weighted by molar-refractivity contribution is 5.99. The largest absolute Gasteiger partial charge is 0.414 e. The van der Waals surface area contributed by atoms with E-state index in [1.54, 1.807) is 29.9 Å². The highest BCUT2D eigenvalue weighted by atomic mass is 19.4. The summed E-state index contributed by atoms with van der Waals surface area (Å²) in [7, 11) is 0. The molecule has 0 saturated carbocycles. The van der Waals surface area contributed by atoms with E-state index in [1.807, 2.05) is 0 Å². The van der Waals surface area contributed by atoms with E-state index < -0.39 is 18.7 Å². The van der Waals surface area contributed by atoms with Crippen molar-refractivity contribution in [2.24, 2.45) is 0 Å². The summed E-state index contributed by atoms with van der Waals surface area (Å²) in [6.07, 6.45) is -1.63. The Morgan fingerprint density at radius 3 is 2.94 bits per heavy atom. The SMILES string of the molecule is O=C(NOCC(F)(F)F)c1cnn2ccccc12. The van der Waals surface area contributed by atoms with Gasteiger partial charge in [-0.3, -0.25) is 9.63 Å². The summed E-state index contributed by atoms with van der Waals surface area (Å²) in [6.45, 7) is -1.54. The minimum atomic E-state index is -4.49. The summed E-state index contributed by atoms with van der Waals surface area (Å²) >= 11 is 0. The number of hydroxylamine groups is 1. The van der Waals surface area contributed by atoms with Crippen LogP contribution < -0.4 is 5.48 Å². The third-order valence-corrected chi connectivity index (χ3v) is 2.07. The van der Waals surface area contributed by atoms with E-state index >= 15 is 0 Å². The Kier molecular flexibility index (Phi) is 3.19. The molecule has 0 aromatic carbocycles. The molecule has 0 aliphatic rings. The molecular formula is C10H8F3N3O2. The number of rotatable bonds is 3. The Labute approximate surface area is 99.1 Å². The lowest BCUT2D eigenvalue weighted by molar-refractivity contribution is -0.184. The van der Waals surface area contributed by atoms with Crippen LogP contribution in [0.4, 0.5) is 13.2 Å². The topological polar surface area (TPSA) is 55.6 Å². The molecule has 0 aliphatic heterocycles. The fourth-order valence-corrected chi connectivity index (χ4v) is 1.35. The first-order chi connectivity index (χ1) is 8.47. The first-order valence-corrected chi connectivity index (χ1v) is 4.88. The average Bonchev–Trinajstić information content (AvgIpc) is 2.70. The molecule has 96 valence electrons. The molecule has 2 rings (SSSR count). The molecule has 0 spiro atoms. The zero-order valence-corrected chi connectivity index (χ0v) is 8.94. The second kappa shape index (κ2) is 4.65. The number of aromatic nitrogens is 2. The number of amides is 1. The highest BCUT2D eigenvalue weighted by Gasteiger charge is 2.28. The van der Waals surface area contributed by atoms with Crippen molar-refractivity contribution in [1.82, 2.24) is 15.1 Å². The molecular weight excluding hydrogens is 251 g/mol. The number of hydrogen-bond donors (Lipinski definition) is 1. The molecule has 1 amide bonds. The fraction of sp³-hybridized carbons (Fsp3) is 0.200. The zero-order chi connectivity index (χ0) is 13.2. The monoisotopic (exact) mass is 259 g/mol. The third kappa shape index (κ3) is 2.77. The Balaban J connectivity index is 2.05. The lowest BCUT2D eigenvalue weighted by Crippen LogP contribution is -2.29. The number of nitrogens with zero attached hydrogens (tertiary/aromatic N) is 2. The predicted molar refractivity (Wildman–Crippen MR) is 54.7 cm³/mol. The molecule has 2 aromatic rings. The van der Waals surface area contributed by atoms with Crippen LogP contribution in [0.2, 0.25) is 0 Å². The Hall–Kier alpha value is -2.09. The van der Waals surface area contributed by atoms with Gasteiger partial charge in [0.25, 0.3) is 5.91 Å². The number of carbonyl (C=O) groups excluding carboxylic acids is 1. The number of carbonyl (C=O) groups is 1. The molecule has 0 saturated heterocycles. The maximum Gasteiger partial charge on any atom is 0.414 e. The summed E-state index contributed by atoms with van der Waals surface area (Å²) < 4.78 is 36.9. The number of nitrogens with one attached hydrogen (secondary N) is 1. The number of halogens is 3. The van der Waals surface area contributed by atoms with Crippen molar-refractivity contribution in [3.05, 3.63) is 36.2 Å². The van der Waals surface area contributed by atoms with Crippen molar-refractivity contribution in [2.75, 3.05) is 6.61 Å². The van der Waals surface area contributed by atoms with Crippen molar-refractivity contribution >= 4 is 11.4 Å². The van der Waals surface area contributed by atoms with Crippen molar-refractivity contribution in [2.45, 2.75) is 6.18 Å². The van der Waals surface area contributed by atoms with Crippen molar-refractivity contribution in [3.63, 3.8) is 0 Å². The summed E-state index contributed by atoms with van der Waals surface area (Å²) in [5.41, 5.74) is 2.34. The number of pyridine rings is 1. The maximum atomic E-state index is 11.8. The molecule has 5 nitrogen and oxygen atoms in total. The van der Waals surface area contributed by atoms with Gasteiger partial charge in [-0.05, 0) is 12.1 Å². The smallest absolute Gasteiger partial charge is 0.267 e. The van der Waals surface area contributed by atoms with Gasteiger partial charge in [0.05, 0.1) is 17.3 Å². The lowest BCUT2D eigenvalue weighted by atomic mass is 10.2. The quantitative estimate of drug-likeness (QED) is 0.851. The maximum absolute atomic E-state index is 11.8. The second-order valence-electron chi connectivity index (χ2n) is 3.42.